The Balaban J connectivity index is 2.45. The number of aliphatic hydroxyl groups is 1. The van der Waals surface area contributed by atoms with E-state index in [9.17, 15) is 5.11 Å². The van der Waals surface area contributed by atoms with Gasteiger partial charge in [0, 0.05) is 0 Å². The number of nitrogens with zero attached hydrogens (tertiary/aromatic N) is 1. The Labute approximate surface area is 104 Å². The van der Waals surface area contributed by atoms with Gasteiger partial charge in [0.1, 0.15) is 12.5 Å². The van der Waals surface area contributed by atoms with E-state index >= 15 is 0 Å². The number of ether oxygens (including phenoxy) is 1. The van der Waals surface area contributed by atoms with Crippen molar-refractivity contribution < 1.29 is 9.84 Å². The molecule has 0 saturated carbocycles. The molecule has 1 aromatic rings. The quantitative estimate of drug-likeness (QED) is 0.739. The van der Waals surface area contributed by atoms with Crippen molar-refractivity contribution in [3.8, 4) is 5.75 Å². The lowest BCUT2D eigenvalue weighted by atomic mass is 10.1. The van der Waals surface area contributed by atoms with E-state index in [0.717, 1.165) is 24.4 Å². The SMILES string of the molecule is CCN(CC)COc1ccc(CC(C)O)cc1. The zero-order chi connectivity index (χ0) is 12.7. The molecule has 0 radical (unpaired) electrons. The van der Waals surface area contributed by atoms with Crippen LogP contribution in [0.1, 0.15) is 26.3 Å². The van der Waals surface area contributed by atoms with Gasteiger partial charge in [0.05, 0.1) is 6.10 Å². The fourth-order valence-electron chi connectivity index (χ4n) is 1.63. The maximum absolute atomic E-state index is 9.28. The van der Waals surface area contributed by atoms with Crippen LogP contribution < -0.4 is 4.74 Å². The van der Waals surface area contributed by atoms with E-state index in [1.54, 1.807) is 6.92 Å². The van der Waals surface area contributed by atoms with Gasteiger partial charge < -0.3 is 9.84 Å². The van der Waals surface area contributed by atoms with E-state index < -0.39 is 0 Å². The van der Waals surface area contributed by atoms with E-state index in [2.05, 4.69) is 18.7 Å². The minimum absolute atomic E-state index is 0.294. The summed E-state index contributed by atoms with van der Waals surface area (Å²) in [7, 11) is 0. The molecular weight excluding hydrogens is 214 g/mol. The summed E-state index contributed by atoms with van der Waals surface area (Å²) in [6.45, 7) is 8.66. The monoisotopic (exact) mass is 237 g/mol. The minimum atomic E-state index is -0.294. The fraction of sp³-hybridized carbons (Fsp3) is 0.571. The molecule has 3 nitrogen and oxygen atoms in total. The zero-order valence-corrected chi connectivity index (χ0v) is 11.0. The second kappa shape index (κ2) is 7.30. The molecule has 0 aliphatic carbocycles. The van der Waals surface area contributed by atoms with Crippen molar-refractivity contribution in [2.45, 2.75) is 33.3 Å². The molecule has 1 rings (SSSR count). The average molecular weight is 237 g/mol. The van der Waals surface area contributed by atoms with Crippen molar-refractivity contribution in [3.63, 3.8) is 0 Å². The van der Waals surface area contributed by atoms with Crippen LogP contribution in [0.15, 0.2) is 24.3 Å². The molecule has 1 unspecified atom stereocenters. The van der Waals surface area contributed by atoms with Gasteiger partial charge in [-0.15, -0.1) is 0 Å². The summed E-state index contributed by atoms with van der Waals surface area (Å²) in [5.41, 5.74) is 1.13. The molecule has 0 heterocycles. The van der Waals surface area contributed by atoms with Crippen molar-refractivity contribution in [2.24, 2.45) is 0 Å². The van der Waals surface area contributed by atoms with Crippen LogP contribution in [0.2, 0.25) is 0 Å². The number of rotatable bonds is 7. The Bertz CT molecular complexity index is 305. The van der Waals surface area contributed by atoms with Gasteiger partial charge >= 0.3 is 0 Å². The predicted octanol–water partition coefficient (Wildman–Crippen LogP) is 2.29. The number of benzene rings is 1. The van der Waals surface area contributed by atoms with Crippen molar-refractivity contribution in [1.82, 2.24) is 4.90 Å². The van der Waals surface area contributed by atoms with Crippen molar-refractivity contribution in [2.75, 3.05) is 19.8 Å². The summed E-state index contributed by atoms with van der Waals surface area (Å²) < 4.78 is 5.67. The normalized spacial score (nSPS) is 12.8. The molecule has 0 spiro atoms. The van der Waals surface area contributed by atoms with E-state index in [0.29, 0.717) is 13.2 Å². The first-order valence-electron chi connectivity index (χ1n) is 6.27. The molecule has 1 atom stereocenters. The van der Waals surface area contributed by atoms with Crippen LogP contribution in [0.4, 0.5) is 0 Å². The van der Waals surface area contributed by atoms with E-state index in [1.807, 2.05) is 24.3 Å². The highest BCUT2D eigenvalue weighted by molar-refractivity contribution is 5.27. The first kappa shape index (κ1) is 14.0. The Morgan fingerprint density at radius 2 is 1.76 bits per heavy atom. The topological polar surface area (TPSA) is 32.7 Å². The standard InChI is InChI=1S/C14H23NO2/c1-4-15(5-2)11-17-14-8-6-13(7-9-14)10-12(3)16/h6-9,12,16H,4-5,10-11H2,1-3H3. The summed E-state index contributed by atoms with van der Waals surface area (Å²) in [4.78, 5) is 2.21. The Hall–Kier alpha value is -1.06. The van der Waals surface area contributed by atoms with E-state index in [-0.39, 0.29) is 6.10 Å². The smallest absolute Gasteiger partial charge is 0.142 e. The van der Waals surface area contributed by atoms with Gasteiger partial charge in [0.2, 0.25) is 0 Å². The summed E-state index contributed by atoms with van der Waals surface area (Å²) in [5.74, 6) is 0.881. The van der Waals surface area contributed by atoms with Crippen LogP contribution in [0.25, 0.3) is 0 Å². The average Bonchev–Trinajstić information content (AvgIpc) is 2.32. The van der Waals surface area contributed by atoms with Crippen LogP contribution in [0.3, 0.4) is 0 Å². The lowest BCUT2D eigenvalue weighted by molar-refractivity contribution is 0.137. The lowest BCUT2D eigenvalue weighted by Gasteiger charge is -2.18. The molecule has 17 heavy (non-hydrogen) atoms. The number of hydrogen-bond donors (Lipinski definition) is 1. The van der Waals surface area contributed by atoms with E-state index in [1.165, 1.54) is 0 Å². The van der Waals surface area contributed by atoms with Gasteiger partial charge in [0.25, 0.3) is 0 Å². The van der Waals surface area contributed by atoms with Crippen LogP contribution in [-0.4, -0.2) is 35.9 Å². The summed E-state index contributed by atoms with van der Waals surface area (Å²) in [6.07, 6.45) is 0.397. The van der Waals surface area contributed by atoms with Crippen LogP contribution in [-0.2, 0) is 6.42 Å². The zero-order valence-electron chi connectivity index (χ0n) is 11.0. The third-order valence-corrected chi connectivity index (χ3v) is 2.76. The van der Waals surface area contributed by atoms with Gasteiger partial charge in [-0.25, -0.2) is 0 Å². The number of aliphatic hydroxyl groups excluding tert-OH is 1. The van der Waals surface area contributed by atoms with Gasteiger partial charge in [-0.1, -0.05) is 26.0 Å². The Morgan fingerprint density at radius 3 is 2.24 bits per heavy atom. The molecule has 1 aromatic carbocycles. The molecule has 3 heteroatoms. The van der Waals surface area contributed by atoms with Gasteiger partial charge in [-0.05, 0) is 44.1 Å². The maximum atomic E-state index is 9.28. The Morgan fingerprint density at radius 1 is 1.18 bits per heavy atom. The second-order valence-corrected chi connectivity index (χ2v) is 4.27. The molecule has 0 saturated heterocycles. The predicted molar refractivity (Wildman–Crippen MR) is 70.2 cm³/mol. The first-order chi connectivity index (χ1) is 8.15. The third kappa shape index (κ3) is 5.20. The molecule has 1 N–H and O–H groups in total. The number of hydrogen-bond acceptors (Lipinski definition) is 3. The molecule has 0 fully saturated rings. The highest BCUT2D eigenvalue weighted by atomic mass is 16.5. The van der Waals surface area contributed by atoms with Gasteiger partial charge in [-0.2, -0.15) is 0 Å². The summed E-state index contributed by atoms with van der Waals surface area (Å²) in [6, 6.07) is 7.93. The van der Waals surface area contributed by atoms with Gasteiger partial charge in [-0.3, -0.25) is 4.90 Å². The van der Waals surface area contributed by atoms with E-state index in [4.69, 9.17) is 4.74 Å². The summed E-state index contributed by atoms with van der Waals surface area (Å²) in [5, 5.41) is 9.28. The highest BCUT2D eigenvalue weighted by Crippen LogP contribution is 2.13. The van der Waals surface area contributed by atoms with Crippen molar-refractivity contribution in [1.29, 1.82) is 0 Å². The van der Waals surface area contributed by atoms with Crippen molar-refractivity contribution >= 4 is 0 Å². The Kier molecular flexibility index (Phi) is 6.01. The fourth-order valence-corrected chi connectivity index (χ4v) is 1.63. The molecule has 0 bridgehead atoms. The van der Waals surface area contributed by atoms with Crippen LogP contribution in [0, 0.1) is 0 Å². The van der Waals surface area contributed by atoms with Crippen molar-refractivity contribution in [3.05, 3.63) is 29.8 Å². The molecule has 0 aromatic heterocycles. The lowest BCUT2D eigenvalue weighted by Crippen LogP contribution is -2.27. The summed E-state index contributed by atoms with van der Waals surface area (Å²) >= 11 is 0. The minimum Gasteiger partial charge on any atom is -0.478 e. The first-order valence-corrected chi connectivity index (χ1v) is 6.27. The largest absolute Gasteiger partial charge is 0.478 e. The molecule has 0 amide bonds. The molecular formula is C14H23NO2. The third-order valence-electron chi connectivity index (χ3n) is 2.76. The highest BCUT2D eigenvalue weighted by Gasteiger charge is 2.02. The van der Waals surface area contributed by atoms with Crippen LogP contribution >= 0.6 is 0 Å². The molecule has 0 aliphatic rings. The molecule has 0 aliphatic heterocycles. The maximum Gasteiger partial charge on any atom is 0.142 e. The van der Waals surface area contributed by atoms with Gasteiger partial charge in [0.15, 0.2) is 0 Å². The van der Waals surface area contributed by atoms with Crippen LogP contribution in [0.5, 0.6) is 5.75 Å². The second-order valence-electron chi connectivity index (χ2n) is 4.27. The molecule has 96 valence electrons.